The third-order valence-electron chi connectivity index (χ3n) is 3.64. The lowest BCUT2D eigenvalue weighted by atomic mass is 9.91. The molecule has 1 aliphatic rings. The van der Waals surface area contributed by atoms with Gasteiger partial charge in [0.25, 0.3) is 0 Å². The maximum absolute atomic E-state index is 9.64. The van der Waals surface area contributed by atoms with Crippen molar-refractivity contribution in [3.05, 3.63) is 18.2 Å². The monoisotopic (exact) mass is 262 g/mol. The summed E-state index contributed by atoms with van der Waals surface area (Å²) < 4.78 is 5.34. The maximum Gasteiger partial charge on any atom is 0.201 e. The molecule has 2 aromatic rings. The van der Waals surface area contributed by atoms with E-state index in [4.69, 9.17) is 10.5 Å². The van der Waals surface area contributed by atoms with Gasteiger partial charge in [-0.05, 0) is 31.0 Å². The van der Waals surface area contributed by atoms with E-state index in [9.17, 15) is 5.11 Å². The SMILES string of the molecule is Nc1ccc2nc(NC3(CO)CCOCC3)[nH]c2c1. The van der Waals surface area contributed by atoms with E-state index < -0.39 is 0 Å². The van der Waals surface area contributed by atoms with Crippen molar-refractivity contribution in [2.75, 3.05) is 30.9 Å². The zero-order chi connectivity index (χ0) is 13.3. The van der Waals surface area contributed by atoms with Crippen molar-refractivity contribution in [3.8, 4) is 0 Å². The fraction of sp³-hybridized carbons (Fsp3) is 0.462. The van der Waals surface area contributed by atoms with Crippen LogP contribution in [-0.4, -0.2) is 40.4 Å². The Morgan fingerprint density at radius 3 is 2.95 bits per heavy atom. The molecule has 0 saturated carbocycles. The average molecular weight is 262 g/mol. The van der Waals surface area contributed by atoms with Crippen molar-refractivity contribution in [1.82, 2.24) is 9.97 Å². The lowest BCUT2D eigenvalue weighted by Crippen LogP contribution is -2.47. The van der Waals surface area contributed by atoms with E-state index in [1.807, 2.05) is 18.2 Å². The second-order valence-electron chi connectivity index (χ2n) is 5.04. The molecule has 0 unspecified atom stereocenters. The minimum absolute atomic E-state index is 0.0650. The minimum Gasteiger partial charge on any atom is -0.399 e. The highest BCUT2D eigenvalue weighted by molar-refractivity contribution is 5.80. The molecule has 102 valence electrons. The number of benzene rings is 1. The van der Waals surface area contributed by atoms with E-state index in [0.717, 1.165) is 23.9 Å². The number of nitrogen functional groups attached to an aromatic ring is 1. The number of nitrogens with one attached hydrogen (secondary N) is 2. The van der Waals surface area contributed by atoms with Crippen molar-refractivity contribution in [2.24, 2.45) is 0 Å². The summed E-state index contributed by atoms with van der Waals surface area (Å²) in [5.74, 6) is 0.663. The summed E-state index contributed by atoms with van der Waals surface area (Å²) in [5.41, 5.74) is 7.84. The van der Waals surface area contributed by atoms with Crippen LogP contribution in [0.25, 0.3) is 11.0 Å². The molecule has 1 saturated heterocycles. The molecular weight excluding hydrogens is 244 g/mol. The zero-order valence-corrected chi connectivity index (χ0v) is 10.6. The van der Waals surface area contributed by atoms with Gasteiger partial charge in [0.2, 0.25) is 5.95 Å². The largest absolute Gasteiger partial charge is 0.399 e. The van der Waals surface area contributed by atoms with Gasteiger partial charge in [0.1, 0.15) is 0 Å². The molecule has 1 aromatic heterocycles. The predicted octanol–water partition coefficient (Wildman–Crippen LogP) is 1.10. The van der Waals surface area contributed by atoms with Gasteiger partial charge in [0.15, 0.2) is 0 Å². The Morgan fingerprint density at radius 1 is 1.42 bits per heavy atom. The third kappa shape index (κ3) is 2.36. The normalized spacial score (nSPS) is 18.6. The summed E-state index contributed by atoms with van der Waals surface area (Å²) in [5, 5.41) is 13.0. The van der Waals surface area contributed by atoms with Crippen LogP contribution < -0.4 is 11.1 Å². The number of aromatic amines is 1. The Bertz CT molecular complexity index is 575. The zero-order valence-electron chi connectivity index (χ0n) is 10.6. The quantitative estimate of drug-likeness (QED) is 0.621. The molecule has 0 spiro atoms. The number of H-pyrrole nitrogens is 1. The molecule has 1 aromatic carbocycles. The highest BCUT2D eigenvalue weighted by atomic mass is 16.5. The van der Waals surface area contributed by atoms with Gasteiger partial charge in [0, 0.05) is 18.9 Å². The highest BCUT2D eigenvalue weighted by Crippen LogP contribution is 2.26. The van der Waals surface area contributed by atoms with Crippen LogP contribution >= 0.6 is 0 Å². The van der Waals surface area contributed by atoms with Gasteiger partial charge >= 0.3 is 0 Å². The molecule has 1 fully saturated rings. The molecule has 0 atom stereocenters. The third-order valence-corrected chi connectivity index (χ3v) is 3.64. The number of aliphatic hydroxyl groups is 1. The molecule has 0 radical (unpaired) electrons. The fourth-order valence-corrected chi connectivity index (χ4v) is 2.42. The number of hydrogen-bond donors (Lipinski definition) is 4. The van der Waals surface area contributed by atoms with E-state index in [2.05, 4.69) is 15.3 Å². The number of ether oxygens (including phenoxy) is 1. The number of hydrogen-bond acceptors (Lipinski definition) is 5. The van der Waals surface area contributed by atoms with Gasteiger partial charge in [0.05, 0.1) is 23.2 Å². The van der Waals surface area contributed by atoms with Crippen LogP contribution in [0.1, 0.15) is 12.8 Å². The Hall–Kier alpha value is -1.79. The lowest BCUT2D eigenvalue weighted by molar-refractivity contribution is 0.0377. The smallest absolute Gasteiger partial charge is 0.201 e. The number of imidazole rings is 1. The van der Waals surface area contributed by atoms with Crippen LogP contribution in [0.4, 0.5) is 11.6 Å². The van der Waals surface area contributed by atoms with E-state index in [0.29, 0.717) is 24.8 Å². The number of nitrogens with zero attached hydrogens (tertiary/aromatic N) is 1. The number of rotatable bonds is 3. The van der Waals surface area contributed by atoms with Gasteiger partial charge in [-0.1, -0.05) is 0 Å². The second-order valence-corrected chi connectivity index (χ2v) is 5.04. The molecule has 0 amide bonds. The second kappa shape index (κ2) is 4.71. The van der Waals surface area contributed by atoms with Crippen molar-refractivity contribution >= 4 is 22.7 Å². The number of aliphatic hydroxyl groups excluding tert-OH is 1. The van der Waals surface area contributed by atoms with Crippen molar-refractivity contribution in [3.63, 3.8) is 0 Å². The molecule has 1 aliphatic heterocycles. The molecule has 3 rings (SSSR count). The molecule has 2 heterocycles. The van der Waals surface area contributed by atoms with Crippen molar-refractivity contribution in [2.45, 2.75) is 18.4 Å². The Balaban J connectivity index is 1.87. The summed E-state index contributed by atoms with van der Waals surface area (Å²) in [6.07, 6.45) is 1.53. The Kier molecular flexibility index (Phi) is 3.04. The van der Waals surface area contributed by atoms with Gasteiger partial charge in [-0.3, -0.25) is 0 Å². The van der Waals surface area contributed by atoms with Crippen LogP contribution in [0.15, 0.2) is 18.2 Å². The predicted molar refractivity (Wildman–Crippen MR) is 74.0 cm³/mol. The van der Waals surface area contributed by atoms with Crippen LogP contribution in [-0.2, 0) is 4.74 Å². The maximum atomic E-state index is 9.64. The van der Waals surface area contributed by atoms with Gasteiger partial charge in [-0.15, -0.1) is 0 Å². The summed E-state index contributed by atoms with van der Waals surface area (Å²) >= 11 is 0. The summed E-state index contributed by atoms with van der Waals surface area (Å²) in [4.78, 5) is 7.66. The summed E-state index contributed by atoms with van der Waals surface area (Å²) in [6.45, 7) is 1.37. The summed E-state index contributed by atoms with van der Waals surface area (Å²) in [6, 6.07) is 5.55. The first-order valence-corrected chi connectivity index (χ1v) is 6.43. The molecule has 19 heavy (non-hydrogen) atoms. The standard InChI is InChI=1S/C13H18N4O2/c14-9-1-2-10-11(7-9)16-12(15-10)17-13(8-18)3-5-19-6-4-13/h1-2,7,18H,3-6,8,14H2,(H2,15,16,17). The number of fused-ring (bicyclic) bond motifs is 1. The van der Waals surface area contributed by atoms with Crippen molar-refractivity contribution in [1.29, 1.82) is 0 Å². The Labute approximate surface area is 111 Å². The first kappa shape index (κ1) is 12.3. The molecule has 6 nitrogen and oxygen atoms in total. The van der Waals surface area contributed by atoms with E-state index in [1.165, 1.54) is 0 Å². The lowest BCUT2D eigenvalue weighted by Gasteiger charge is -2.36. The van der Waals surface area contributed by atoms with Crippen LogP contribution in [0.3, 0.4) is 0 Å². The number of anilines is 2. The van der Waals surface area contributed by atoms with E-state index in [1.54, 1.807) is 0 Å². The Morgan fingerprint density at radius 2 is 2.21 bits per heavy atom. The molecular formula is C13H18N4O2. The molecule has 0 aliphatic carbocycles. The van der Waals surface area contributed by atoms with Crippen LogP contribution in [0.5, 0.6) is 0 Å². The minimum atomic E-state index is -0.350. The van der Waals surface area contributed by atoms with Crippen LogP contribution in [0.2, 0.25) is 0 Å². The highest BCUT2D eigenvalue weighted by Gasteiger charge is 2.32. The van der Waals surface area contributed by atoms with Gasteiger partial charge < -0.3 is 25.9 Å². The molecule has 6 heteroatoms. The fourth-order valence-electron chi connectivity index (χ4n) is 2.42. The van der Waals surface area contributed by atoms with Crippen LogP contribution in [0, 0.1) is 0 Å². The van der Waals surface area contributed by atoms with E-state index in [-0.39, 0.29) is 12.1 Å². The number of nitrogens with two attached hydrogens (primary N) is 1. The van der Waals surface area contributed by atoms with Gasteiger partial charge in [-0.2, -0.15) is 0 Å². The van der Waals surface area contributed by atoms with Crippen molar-refractivity contribution < 1.29 is 9.84 Å². The summed E-state index contributed by atoms with van der Waals surface area (Å²) in [7, 11) is 0. The topological polar surface area (TPSA) is 96.2 Å². The first-order valence-electron chi connectivity index (χ1n) is 6.43. The molecule has 0 bridgehead atoms. The number of aromatic nitrogens is 2. The first-order chi connectivity index (χ1) is 9.21. The van der Waals surface area contributed by atoms with Gasteiger partial charge in [-0.25, -0.2) is 4.98 Å². The van der Waals surface area contributed by atoms with E-state index >= 15 is 0 Å². The molecule has 5 N–H and O–H groups in total. The average Bonchev–Trinajstić information content (AvgIpc) is 2.81.